The maximum atomic E-state index is 14.6. The van der Waals surface area contributed by atoms with Crippen molar-refractivity contribution in [2.24, 2.45) is 0 Å². The van der Waals surface area contributed by atoms with Crippen LogP contribution in [0.3, 0.4) is 0 Å². The largest absolute Gasteiger partial charge is 0.451 e. The first-order chi connectivity index (χ1) is 15.8. The van der Waals surface area contributed by atoms with Gasteiger partial charge < -0.3 is 14.8 Å². The summed E-state index contributed by atoms with van der Waals surface area (Å²) in [6.07, 6.45) is 2.59. The van der Waals surface area contributed by atoms with Gasteiger partial charge in [0.15, 0.2) is 5.76 Å². The highest BCUT2D eigenvalue weighted by Gasteiger charge is 2.40. The Balaban J connectivity index is 1.59. The van der Waals surface area contributed by atoms with Crippen LogP contribution in [0.25, 0.3) is 11.3 Å². The summed E-state index contributed by atoms with van der Waals surface area (Å²) < 4.78 is 35.0. The van der Waals surface area contributed by atoms with E-state index in [0.717, 1.165) is 17.7 Å². The lowest BCUT2D eigenvalue weighted by Gasteiger charge is -2.35. The van der Waals surface area contributed by atoms with Gasteiger partial charge in [0.2, 0.25) is 0 Å². The average Bonchev–Trinajstić information content (AvgIpc) is 3.46. The summed E-state index contributed by atoms with van der Waals surface area (Å²) >= 11 is 5.90. The van der Waals surface area contributed by atoms with Crippen molar-refractivity contribution in [2.75, 3.05) is 0 Å². The zero-order chi connectivity index (χ0) is 23.6. The van der Waals surface area contributed by atoms with Gasteiger partial charge in [0, 0.05) is 22.2 Å². The van der Waals surface area contributed by atoms with Gasteiger partial charge in [-0.3, -0.25) is 4.79 Å². The molecule has 0 fully saturated rings. The van der Waals surface area contributed by atoms with Crippen molar-refractivity contribution in [2.45, 2.75) is 25.1 Å². The lowest BCUT2D eigenvalue weighted by molar-refractivity contribution is -0.0188. The number of nitrogens with one attached hydrogen (secondary N) is 1. The topological polar surface area (TPSA) is 93.2 Å². The summed E-state index contributed by atoms with van der Waals surface area (Å²) in [6, 6.07) is 11.8. The van der Waals surface area contributed by atoms with Crippen LogP contribution in [0.1, 0.15) is 23.0 Å². The molecular formula is C23H19ClF2N4O3. The van der Waals surface area contributed by atoms with Crippen molar-refractivity contribution in [1.29, 1.82) is 0 Å². The SMILES string of the molecule is CC(NC(=O)c1ccc(-c2ccc(Cl)cc2)o1)C(O)(Cn1cncn1)c1ccc(F)cc1F. The molecule has 2 aromatic carbocycles. The Morgan fingerprint density at radius 1 is 1.21 bits per heavy atom. The Labute approximate surface area is 192 Å². The van der Waals surface area contributed by atoms with Gasteiger partial charge in [-0.15, -0.1) is 0 Å². The van der Waals surface area contributed by atoms with Gasteiger partial charge in [-0.25, -0.2) is 18.4 Å². The van der Waals surface area contributed by atoms with E-state index in [1.54, 1.807) is 30.3 Å². The first-order valence-electron chi connectivity index (χ1n) is 9.93. The first kappa shape index (κ1) is 22.6. The Morgan fingerprint density at radius 3 is 2.64 bits per heavy atom. The van der Waals surface area contributed by atoms with E-state index in [2.05, 4.69) is 15.4 Å². The van der Waals surface area contributed by atoms with Gasteiger partial charge >= 0.3 is 0 Å². The number of furan rings is 1. The molecule has 1 amide bonds. The van der Waals surface area contributed by atoms with Crippen LogP contribution in [0.5, 0.6) is 0 Å². The van der Waals surface area contributed by atoms with E-state index in [0.29, 0.717) is 16.8 Å². The second-order valence-corrected chi connectivity index (χ2v) is 7.94. The van der Waals surface area contributed by atoms with E-state index >= 15 is 0 Å². The third-order valence-electron chi connectivity index (χ3n) is 5.29. The highest BCUT2D eigenvalue weighted by atomic mass is 35.5. The molecule has 0 saturated carbocycles. The predicted octanol–water partition coefficient (Wildman–Crippen LogP) is 4.18. The van der Waals surface area contributed by atoms with E-state index in [4.69, 9.17) is 16.0 Å². The lowest BCUT2D eigenvalue weighted by Crippen LogP contribution is -2.51. The van der Waals surface area contributed by atoms with Crippen LogP contribution in [0.15, 0.2) is 71.7 Å². The monoisotopic (exact) mass is 472 g/mol. The van der Waals surface area contributed by atoms with E-state index in [9.17, 15) is 18.7 Å². The third kappa shape index (κ3) is 4.79. The fraction of sp³-hybridized carbons (Fsp3) is 0.174. The minimum atomic E-state index is -1.98. The van der Waals surface area contributed by atoms with Crippen molar-refractivity contribution in [3.8, 4) is 11.3 Å². The zero-order valence-electron chi connectivity index (χ0n) is 17.4. The van der Waals surface area contributed by atoms with E-state index in [1.807, 2.05) is 0 Å². The van der Waals surface area contributed by atoms with Gasteiger partial charge in [-0.1, -0.05) is 17.7 Å². The molecular weight excluding hydrogens is 454 g/mol. The Hall–Kier alpha value is -3.56. The number of carbonyl (C=O) groups excluding carboxylic acids is 1. The van der Waals surface area contributed by atoms with Gasteiger partial charge in [0.25, 0.3) is 5.91 Å². The van der Waals surface area contributed by atoms with E-state index in [-0.39, 0.29) is 17.9 Å². The van der Waals surface area contributed by atoms with Crippen molar-refractivity contribution in [3.63, 3.8) is 0 Å². The zero-order valence-corrected chi connectivity index (χ0v) is 18.1. The Morgan fingerprint density at radius 2 is 1.97 bits per heavy atom. The van der Waals surface area contributed by atoms with Crippen LogP contribution in [0.4, 0.5) is 8.78 Å². The summed E-state index contributed by atoms with van der Waals surface area (Å²) in [5, 5.41) is 18.6. The summed E-state index contributed by atoms with van der Waals surface area (Å²) in [6.45, 7) is 1.26. The predicted molar refractivity (Wildman–Crippen MR) is 116 cm³/mol. The fourth-order valence-corrected chi connectivity index (χ4v) is 3.60. The number of halogens is 3. The molecule has 4 rings (SSSR count). The van der Waals surface area contributed by atoms with E-state index < -0.39 is 29.2 Å². The molecule has 33 heavy (non-hydrogen) atoms. The molecule has 0 aliphatic rings. The molecule has 0 aliphatic carbocycles. The van der Waals surface area contributed by atoms with Gasteiger partial charge in [0.05, 0.1) is 12.6 Å². The summed E-state index contributed by atoms with van der Waals surface area (Å²) in [7, 11) is 0. The van der Waals surface area contributed by atoms with Crippen LogP contribution < -0.4 is 5.32 Å². The fourth-order valence-electron chi connectivity index (χ4n) is 3.47. The lowest BCUT2D eigenvalue weighted by atomic mass is 9.86. The average molecular weight is 473 g/mol. The number of hydrogen-bond acceptors (Lipinski definition) is 5. The van der Waals surface area contributed by atoms with Crippen molar-refractivity contribution < 1.29 is 23.1 Å². The molecule has 170 valence electrons. The molecule has 2 unspecified atom stereocenters. The number of carbonyl (C=O) groups is 1. The summed E-state index contributed by atoms with van der Waals surface area (Å²) in [5.41, 5.74) is -1.46. The number of rotatable bonds is 7. The smallest absolute Gasteiger partial charge is 0.287 e. The van der Waals surface area contributed by atoms with Gasteiger partial charge in [0.1, 0.15) is 35.7 Å². The Kier molecular flexibility index (Phi) is 6.26. The van der Waals surface area contributed by atoms with Crippen LogP contribution in [-0.2, 0) is 12.1 Å². The molecule has 0 bridgehead atoms. The molecule has 0 radical (unpaired) electrons. The maximum Gasteiger partial charge on any atom is 0.287 e. The quantitative estimate of drug-likeness (QED) is 0.421. The molecule has 4 aromatic rings. The van der Waals surface area contributed by atoms with Crippen LogP contribution in [0.2, 0.25) is 5.02 Å². The van der Waals surface area contributed by atoms with Crippen molar-refractivity contribution in [1.82, 2.24) is 20.1 Å². The third-order valence-corrected chi connectivity index (χ3v) is 5.54. The molecule has 2 N–H and O–H groups in total. The van der Waals surface area contributed by atoms with E-state index in [1.165, 1.54) is 30.3 Å². The van der Waals surface area contributed by atoms with Crippen LogP contribution in [-0.4, -0.2) is 31.8 Å². The molecule has 0 spiro atoms. The van der Waals surface area contributed by atoms with Gasteiger partial charge in [-0.05, 0) is 49.4 Å². The van der Waals surface area contributed by atoms with Crippen molar-refractivity contribution >= 4 is 17.5 Å². The highest BCUT2D eigenvalue weighted by molar-refractivity contribution is 6.30. The minimum absolute atomic E-state index is 0.00511. The molecule has 7 nitrogen and oxygen atoms in total. The molecule has 10 heteroatoms. The van der Waals surface area contributed by atoms with Crippen molar-refractivity contribution in [3.05, 3.63) is 95.2 Å². The second-order valence-electron chi connectivity index (χ2n) is 7.51. The second kappa shape index (κ2) is 9.13. The summed E-state index contributed by atoms with van der Waals surface area (Å²) in [4.78, 5) is 16.7. The number of hydrogen-bond donors (Lipinski definition) is 2. The number of aromatic nitrogens is 3. The molecule has 2 atom stereocenters. The highest BCUT2D eigenvalue weighted by Crippen LogP contribution is 2.31. The van der Waals surface area contributed by atoms with Gasteiger partial charge in [-0.2, -0.15) is 5.10 Å². The number of aliphatic hydroxyl groups is 1. The first-order valence-corrected chi connectivity index (χ1v) is 10.3. The van der Waals surface area contributed by atoms with Crippen LogP contribution in [0, 0.1) is 11.6 Å². The minimum Gasteiger partial charge on any atom is -0.451 e. The Bertz CT molecular complexity index is 1260. The molecule has 2 aromatic heterocycles. The molecule has 2 heterocycles. The number of amides is 1. The maximum absolute atomic E-state index is 14.6. The normalized spacial score (nSPS) is 14.0. The standard InChI is InChI=1S/C23H19ClF2N4O3/c1-14(29-22(31)21-9-8-20(33-21)15-2-4-16(24)5-3-15)23(32,11-30-13-27-12-28-30)18-7-6-17(25)10-19(18)26/h2-10,12-14,32H,11H2,1H3,(H,29,31). The number of benzene rings is 2. The van der Waals surface area contributed by atoms with Crippen LogP contribution >= 0.6 is 11.6 Å². The number of nitrogens with zero attached hydrogens (tertiary/aromatic N) is 3. The summed E-state index contributed by atoms with van der Waals surface area (Å²) in [5.74, 6) is -1.92. The molecule has 0 saturated heterocycles. The molecule has 0 aliphatic heterocycles.